The van der Waals surface area contributed by atoms with Crippen LogP contribution in [0.15, 0.2) is 91.0 Å². The summed E-state index contributed by atoms with van der Waals surface area (Å²) in [5, 5.41) is 1.38. The molecule has 1 unspecified atom stereocenters. The molecule has 4 aromatic rings. The lowest BCUT2D eigenvalue weighted by Gasteiger charge is -2.38. The van der Waals surface area contributed by atoms with Gasteiger partial charge in [0.2, 0.25) is 0 Å². The molecule has 222 valence electrons. The van der Waals surface area contributed by atoms with Crippen LogP contribution in [-0.2, 0) is 21.9 Å². The van der Waals surface area contributed by atoms with Crippen molar-refractivity contribution in [2.24, 2.45) is 0 Å². The average molecular weight is 582 g/mol. The summed E-state index contributed by atoms with van der Waals surface area (Å²) in [4.78, 5) is 2.43. The normalized spacial score (nSPS) is 12.2. The Hall–Kier alpha value is -3.13. The zero-order valence-corrected chi connectivity index (χ0v) is 27.8. The van der Waals surface area contributed by atoms with Crippen LogP contribution in [0, 0.1) is 13.8 Å². The lowest BCUT2D eigenvalue weighted by atomic mass is 9.80. The van der Waals surface area contributed by atoms with Gasteiger partial charge in [0.05, 0.1) is 0 Å². The van der Waals surface area contributed by atoms with E-state index in [4.69, 9.17) is 9.47 Å². The van der Waals surface area contributed by atoms with E-state index in [1.807, 2.05) is 0 Å². The topological polar surface area (TPSA) is 21.7 Å². The van der Waals surface area contributed by atoms with Crippen molar-refractivity contribution < 1.29 is 9.47 Å². The van der Waals surface area contributed by atoms with Crippen molar-refractivity contribution in [1.82, 2.24) is 0 Å². The van der Waals surface area contributed by atoms with Crippen LogP contribution in [0.4, 0.5) is 11.4 Å². The van der Waals surface area contributed by atoms with Crippen LogP contribution in [0.25, 0.3) is 0 Å². The smallest absolute Gasteiger partial charge is 0.188 e. The third-order valence-electron chi connectivity index (χ3n) is 8.27. The van der Waals surface area contributed by atoms with Gasteiger partial charge in [-0.1, -0.05) is 115 Å². The van der Waals surface area contributed by atoms with Crippen LogP contribution in [0.3, 0.4) is 0 Å². The van der Waals surface area contributed by atoms with Crippen LogP contribution >= 0.6 is 8.58 Å². The van der Waals surface area contributed by atoms with E-state index in [0.717, 1.165) is 25.1 Å². The molecule has 4 aromatic carbocycles. The molecule has 3 nitrogen and oxygen atoms in total. The molecule has 0 saturated carbocycles. The van der Waals surface area contributed by atoms with Gasteiger partial charge in [-0.15, -0.1) is 0 Å². The van der Waals surface area contributed by atoms with Gasteiger partial charge in [-0.2, -0.15) is 0 Å². The van der Waals surface area contributed by atoms with Crippen molar-refractivity contribution in [2.45, 2.75) is 78.4 Å². The second-order valence-electron chi connectivity index (χ2n) is 12.3. The second kappa shape index (κ2) is 13.9. The van der Waals surface area contributed by atoms with Crippen LogP contribution < -0.4 is 14.9 Å². The number of rotatable bonds is 12. The Bertz CT molecular complexity index is 1400. The van der Waals surface area contributed by atoms with Crippen LogP contribution in [0.5, 0.6) is 5.75 Å². The summed E-state index contributed by atoms with van der Waals surface area (Å²) in [5.41, 5.74) is 8.89. The van der Waals surface area contributed by atoms with Crippen molar-refractivity contribution in [3.05, 3.63) is 119 Å². The van der Waals surface area contributed by atoms with E-state index in [9.17, 15) is 0 Å². The largest absolute Gasteiger partial charge is 0.467 e. The molecule has 0 aliphatic rings. The zero-order chi connectivity index (χ0) is 30.3. The third-order valence-corrected chi connectivity index (χ3v) is 10.7. The molecular weight excluding hydrogens is 533 g/mol. The number of anilines is 2. The van der Waals surface area contributed by atoms with Crippen LogP contribution in [0.2, 0.25) is 0 Å². The van der Waals surface area contributed by atoms with Gasteiger partial charge in [-0.05, 0) is 72.8 Å². The molecule has 4 heteroatoms. The molecule has 0 aliphatic heterocycles. The van der Waals surface area contributed by atoms with Crippen molar-refractivity contribution in [3.63, 3.8) is 0 Å². The Morgan fingerprint density at radius 3 is 1.83 bits per heavy atom. The molecule has 0 saturated heterocycles. The number of hydrogen-bond donors (Lipinski definition) is 0. The van der Waals surface area contributed by atoms with Crippen molar-refractivity contribution >= 4 is 25.3 Å². The monoisotopic (exact) mass is 581 g/mol. The molecule has 42 heavy (non-hydrogen) atoms. The summed E-state index contributed by atoms with van der Waals surface area (Å²) in [6.07, 6.45) is 2.04. The maximum absolute atomic E-state index is 6.46. The van der Waals surface area contributed by atoms with Crippen molar-refractivity contribution in [2.75, 3.05) is 18.8 Å². The van der Waals surface area contributed by atoms with Crippen molar-refractivity contribution in [3.8, 4) is 5.75 Å². The fourth-order valence-electron chi connectivity index (χ4n) is 5.83. The standard InChI is InChI=1S/C38H48NO2P/c1-9-38(10-2,34-25-28(3)24-33(37(5,6)7)35(34)41-27-40-8)42-36-29(4)18-17-19-30(36)26-39(31-20-13-11-14-21-31)32-22-15-12-16-23-32/h11-25,42H,9-10,26-27H2,1-8H3. The molecule has 0 aliphatic carbocycles. The molecular formula is C38H48NO2P. The molecule has 0 bridgehead atoms. The maximum atomic E-state index is 6.46. The SMILES string of the molecule is CCC(CC)(Pc1c(C)cccc1CN(c1ccccc1)c1ccccc1)c1cc(C)cc(C(C)(C)C)c1OCOC. The third kappa shape index (κ3) is 7.08. The van der Waals surface area contributed by atoms with E-state index in [1.165, 1.54) is 44.5 Å². The summed E-state index contributed by atoms with van der Waals surface area (Å²) in [6.45, 7) is 17.0. The Labute approximate surface area is 256 Å². The summed E-state index contributed by atoms with van der Waals surface area (Å²) in [6, 6.07) is 32.9. The number of methoxy groups -OCH3 is 1. The molecule has 0 aromatic heterocycles. The van der Waals surface area contributed by atoms with Crippen LogP contribution in [0.1, 0.15) is 75.3 Å². The number of ether oxygens (including phenoxy) is 2. The van der Waals surface area contributed by atoms with Gasteiger partial charge >= 0.3 is 0 Å². The Balaban J connectivity index is 1.86. The maximum Gasteiger partial charge on any atom is 0.188 e. The fraction of sp³-hybridized carbons (Fsp3) is 0.368. The first-order valence-electron chi connectivity index (χ1n) is 15.1. The van der Waals surface area contributed by atoms with E-state index in [2.05, 4.69) is 144 Å². The summed E-state index contributed by atoms with van der Waals surface area (Å²) in [5.74, 6) is 0.997. The first-order chi connectivity index (χ1) is 20.1. The fourth-order valence-corrected chi connectivity index (χ4v) is 7.59. The number of nitrogens with zero attached hydrogens (tertiary/aromatic N) is 1. The van der Waals surface area contributed by atoms with Gasteiger partial charge < -0.3 is 14.4 Å². The molecule has 0 heterocycles. The van der Waals surface area contributed by atoms with Crippen LogP contribution in [-0.4, -0.2) is 13.9 Å². The Morgan fingerprint density at radius 1 is 0.738 bits per heavy atom. The quantitative estimate of drug-likeness (QED) is 0.123. The minimum atomic E-state index is -0.0692. The highest BCUT2D eigenvalue weighted by atomic mass is 31.1. The molecule has 0 N–H and O–H groups in total. The van der Waals surface area contributed by atoms with E-state index in [-0.39, 0.29) is 17.4 Å². The molecule has 4 rings (SSSR count). The van der Waals surface area contributed by atoms with Gasteiger partial charge in [0.1, 0.15) is 5.75 Å². The highest BCUT2D eigenvalue weighted by molar-refractivity contribution is 7.48. The predicted molar refractivity (Wildman–Crippen MR) is 182 cm³/mol. The first kappa shape index (κ1) is 31.8. The minimum Gasteiger partial charge on any atom is -0.467 e. The van der Waals surface area contributed by atoms with E-state index in [0.29, 0.717) is 8.58 Å². The Morgan fingerprint density at radius 2 is 1.31 bits per heavy atom. The van der Waals surface area contributed by atoms with E-state index in [1.54, 1.807) is 7.11 Å². The highest BCUT2D eigenvalue weighted by Crippen LogP contribution is 2.53. The number of para-hydroxylation sites is 2. The summed E-state index contributed by atoms with van der Waals surface area (Å²) < 4.78 is 11.9. The molecule has 1 atom stereocenters. The van der Waals surface area contributed by atoms with Gasteiger partial charge in [-0.25, -0.2) is 0 Å². The predicted octanol–water partition coefficient (Wildman–Crippen LogP) is 9.94. The van der Waals surface area contributed by atoms with Gasteiger partial charge in [-0.3, -0.25) is 0 Å². The van der Waals surface area contributed by atoms with E-state index < -0.39 is 0 Å². The Kier molecular flexibility index (Phi) is 10.5. The molecule has 0 fully saturated rings. The average Bonchev–Trinajstić information content (AvgIpc) is 2.99. The number of aryl methyl sites for hydroxylation is 2. The second-order valence-corrected chi connectivity index (χ2v) is 14.0. The highest BCUT2D eigenvalue weighted by Gasteiger charge is 2.36. The zero-order valence-electron chi connectivity index (χ0n) is 26.8. The molecule has 0 spiro atoms. The van der Waals surface area contributed by atoms with Gasteiger partial charge in [0, 0.05) is 41.3 Å². The molecule has 0 radical (unpaired) electrons. The van der Waals surface area contributed by atoms with Crippen molar-refractivity contribution in [1.29, 1.82) is 0 Å². The number of hydrogen-bond acceptors (Lipinski definition) is 3. The lowest BCUT2D eigenvalue weighted by Crippen LogP contribution is -2.28. The lowest BCUT2D eigenvalue weighted by molar-refractivity contribution is 0.0485. The van der Waals surface area contributed by atoms with Gasteiger partial charge in [0.15, 0.2) is 6.79 Å². The van der Waals surface area contributed by atoms with E-state index >= 15 is 0 Å². The molecule has 0 amide bonds. The minimum absolute atomic E-state index is 0.0557. The summed E-state index contributed by atoms with van der Waals surface area (Å²) >= 11 is 0. The van der Waals surface area contributed by atoms with Gasteiger partial charge in [0.25, 0.3) is 0 Å². The summed E-state index contributed by atoms with van der Waals surface area (Å²) in [7, 11) is 2.28. The number of benzene rings is 4. The first-order valence-corrected chi connectivity index (χ1v) is 16.1.